The van der Waals surface area contributed by atoms with Crippen molar-refractivity contribution >= 4 is 17.4 Å². The number of nitrogens with zero attached hydrogens (tertiary/aromatic N) is 7. The van der Waals surface area contributed by atoms with E-state index in [1.807, 2.05) is 48.7 Å². The van der Waals surface area contributed by atoms with Gasteiger partial charge in [-0.15, -0.1) is 20.4 Å². The van der Waals surface area contributed by atoms with Crippen molar-refractivity contribution in [2.45, 2.75) is 24.0 Å². The minimum absolute atomic E-state index is 0.346. The van der Waals surface area contributed by atoms with Gasteiger partial charge in [0.1, 0.15) is 16.7 Å². The second-order valence-corrected chi connectivity index (χ2v) is 7.69. The molecule has 0 saturated heterocycles. The summed E-state index contributed by atoms with van der Waals surface area (Å²) in [5, 5.41) is 22.8. The van der Waals surface area contributed by atoms with Crippen LogP contribution in [0.1, 0.15) is 11.4 Å². The third-order valence-corrected chi connectivity index (χ3v) is 5.57. The Morgan fingerprint density at radius 2 is 1.63 bits per heavy atom. The Morgan fingerprint density at radius 1 is 0.833 bits per heavy atom. The summed E-state index contributed by atoms with van der Waals surface area (Å²) in [5.41, 5.74) is 3.01. The van der Waals surface area contributed by atoms with E-state index in [1.54, 1.807) is 28.8 Å². The molecule has 3 aromatic heterocycles. The summed E-state index contributed by atoms with van der Waals surface area (Å²) in [6.07, 6.45) is 0. The molecule has 0 saturated carbocycles. The highest BCUT2D eigenvalue weighted by atomic mass is 32.2. The Kier molecular flexibility index (Phi) is 4.51. The lowest BCUT2D eigenvalue weighted by atomic mass is 10.2. The highest BCUT2D eigenvalue weighted by Gasteiger charge is 2.17. The van der Waals surface area contributed by atoms with E-state index in [0.29, 0.717) is 27.2 Å². The number of aromatic nitrogens is 7. The Balaban J connectivity index is 1.57. The van der Waals surface area contributed by atoms with Gasteiger partial charge in [0.15, 0.2) is 11.5 Å². The van der Waals surface area contributed by atoms with Crippen LogP contribution in [0.25, 0.3) is 22.7 Å². The third kappa shape index (κ3) is 3.13. The van der Waals surface area contributed by atoms with Crippen LogP contribution in [0.2, 0.25) is 0 Å². The van der Waals surface area contributed by atoms with Crippen LogP contribution < -0.4 is 0 Å². The van der Waals surface area contributed by atoms with Crippen LogP contribution in [-0.2, 0) is 0 Å². The molecule has 0 atom stereocenters. The molecule has 7 nitrogen and oxygen atoms in total. The number of hydrogen-bond acceptors (Lipinski definition) is 6. The number of fused-ring (bicyclic) bond motifs is 1. The van der Waals surface area contributed by atoms with Gasteiger partial charge in [0.25, 0.3) is 0 Å². The molecule has 0 N–H and O–H groups in total. The lowest BCUT2D eigenvalue weighted by molar-refractivity contribution is 0.629. The zero-order valence-corrected chi connectivity index (χ0v) is 17.0. The Hall–Kier alpha value is -3.59. The maximum Gasteiger partial charge on any atom is 0.202 e. The molecule has 0 radical (unpaired) electrons. The molecule has 9 heteroatoms. The molecular formula is C21H16FN7S. The van der Waals surface area contributed by atoms with Crippen LogP contribution in [0.3, 0.4) is 0 Å². The summed E-state index contributed by atoms with van der Waals surface area (Å²) in [6, 6.07) is 18.1. The fraction of sp³-hybridized carbons (Fsp3) is 0.0952. The summed E-state index contributed by atoms with van der Waals surface area (Å²) in [7, 11) is 0. The molecule has 30 heavy (non-hydrogen) atoms. The summed E-state index contributed by atoms with van der Waals surface area (Å²) >= 11 is 1.37. The standard InChI is InChI=1S/C21H16FN7S/c1-13-7-3-6-10-17(13)28-14(2)23-26-21(28)30-19-12-11-18-24-25-20(29(18)27-19)15-8-4-5-9-16(15)22/h3-12H,1-2H3. The summed E-state index contributed by atoms with van der Waals surface area (Å²) < 4.78 is 17.8. The maximum atomic E-state index is 14.3. The lowest BCUT2D eigenvalue weighted by Crippen LogP contribution is -2.02. The van der Waals surface area contributed by atoms with Crippen molar-refractivity contribution in [3.8, 4) is 17.1 Å². The second-order valence-electron chi connectivity index (χ2n) is 6.70. The number of aryl methyl sites for hydroxylation is 2. The summed E-state index contributed by atoms with van der Waals surface area (Å²) in [4.78, 5) is 0. The van der Waals surface area contributed by atoms with Crippen molar-refractivity contribution in [3.63, 3.8) is 0 Å². The minimum atomic E-state index is -0.374. The van der Waals surface area contributed by atoms with Crippen molar-refractivity contribution in [2.24, 2.45) is 0 Å². The van der Waals surface area contributed by atoms with Gasteiger partial charge in [-0.3, -0.25) is 4.57 Å². The van der Waals surface area contributed by atoms with Gasteiger partial charge < -0.3 is 0 Å². The molecule has 5 rings (SSSR count). The first-order valence-corrected chi connectivity index (χ1v) is 10.1. The maximum absolute atomic E-state index is 14.3. The third-order valence-electron chi connectivity index (χ3n) is 4.70. The zero-order chi connectivity index (χ0) is 20.7. The Bertz CT molecular complexity index is 1380. The normalized spacial score (nSPS) is 11.3. The number of para-hydroxylation sites is 1. The predicted octanol–water partition coefficient (Wildman–Crippen LogP) is 4.28. The van der Waals surface area contributed by atoms with E-state index < -0.39 is 0 Å². The number of halogens is 1. The summed E-state index contributed by atoms with van der Waals surface area (Å²) in [6.45, 7) is 3.96. The second kappa shape index (κ2) is 7.34. The SMILES string of the molecule is Cc1ccccc1-n1c(C)nnc1Sc1ccc2nnc(-c3ccccc3F)n2n1. The molecular weight excluding hydrogens is 401 g/mol. The molecule has 0 aliphatic rings. The van der Waals surface area contributed by atoms with Crippen LogP contribution in [0.4, 0.5) is 4.39 Å². The molecule has 0 spiro atoms. The molecule has 5 aromatic rings. The Labute approximate surface area is 175 Å². The highest BCUT2D eigenvalue weighted by molar-refractivity contribution is 7.99. The molecule has 0 aliphatic carbocycles. The summed E-state index contributed by atoms with van der Waals surface area (Å²) in [5.74, 6) is 0.757. The van der Waals surface area contributed by atoms with E-state index in [9.17, 15) is 4.39 Å². The van der Waals surface area contributed by atoms with E-state index in [1.165, 1.54) is 17.8 Å². The highest BCUT2D eigenvalue weighted by Crippen LogP contribution is 2.29. The minimum Gasteiger partial charge on any atom is -0.274 e. The van der Waals surface area contributed by atoms with Crippen molar-refractivity contribution in [2.75, 3.05) is 0 Å². The molecule has 0 amide bonds. The molecule has 0 unspecified atom stereocenters. The first kappa shape index (κ1) is 18.4. The lowest BCUT2D eigenvalue weighted by Gasteiger charge is -2.10. The van der Waals surface area contributed by atoms with Crippen molar-refractivity contribution in [1.29, 1.82) is 0 Å². The Morgan fingerprint density at radius 3 is 2.47 bits per heavy atom. The average molecular weight is 417 g/mol. The largest absolute Gasteiger partial charge is 0.274 e. The fourth-order valence-electron chi connectivity index (χ4n) is 3.23. The van der Waals surface area contributed by atoms with Gasteiger partial charge in [-0.25, -0.2) is 4.39 Å². The first-order chi connectivity index (χ1) is 14.6. The van der Waals surface area contributed by atoms with Gasteiger partial charge in [-0.2, -0.15) is 9.61 Å². The van der Waals surface area contributed by atoms with Gasteiger partial charge >= 0.3 is 0 Å². The van der Waals surface area contributed by atoms with Crippen LogP contribution in [0.15, 0.2) is 70.8 Å². The molecule has 0 bridgehead atoms. The molecule has 148 valence electrons. The van der Waals surface area contributed by atoms with Gasteiger partial charge in [0, 0.05) is 0 Å². The van der Waals surface area contributed by atoms with E-state index in [2.05, 4.69) is 25.5 Å². The van der Waals surface area contributed by atoms with Crippen LogP contribution in [0, 0.1) is 19.7 Å². The van der Waals surface area contributed by atoms with E-state index in [-0.39, 0.29) is 5.82 Å². The quantitative estimate of drug-likeness (QED) is 0.435. The molecule has 3 heterocycles. The van der Waals surface area contributed by atoms with Gasteiger partial charge in [0.05, 0.1) is 11.3 Å². The van der Waals surface area contributed by atoms with Crippen molar-refractivity contribution in [1.82, 2.24) is 34.6 Å². The van der Waals surface area contributed by atoms with Gasteiger partial charge in [-0.1, -0.05) is 30.3 Å². The molecule has 2 aromatic carbocycles. The van der Waals surface area contributed by atoms with Crippen LogP contribution >= 0.6 is 11.8 Å². The van der Waals surface area contributed by atoms with Crippen LogP contribution in [0.5, 0.6) is 0 Å². The van der Waals surface area contributed by atoms with E-state index in [0.717, 1.165) is 17.1 Å². The molecule has 0 fully saturated rings. The number of benzene rings is 2. The van der Waals surface area contributed by atoms with Gasteiger partial charge in [0.2, 0.25) is 5.16 Å². The number of rotatable bonds is 4. The average Bonchev–Trinajstić information content (AvgIpc) is 3.32. The zero-order valence-electron chi connectivity index (χ0n) is 16.2. The van der Waals surface area contributed by atoms with E-state index in [4.69, 9.17) is 0 Å². The predicted molar refractivity (Wildman–Crippen MR) is 111 cm³/mol. The smallest absolute Gasteiger partial charge is 0.202 e. The van der Waals surface area contributed by atoms with E-state index >= 15 is 0 Å². The molecule has 0 aliphatic heterocycles. The van der Waals surface area contributed by atoms with Gasteiger partial charge in [-0.05, 0) is 61.5 Å². The van der Waals surface area contributed by atoms with Crippen molar-refractivity contribution < 1.29 is 4.39 Å². The first-order valence-electron chi connectivity index (χ1n) is 9.25. The topological polar surface area (TPSA) is 73.8 Å². The fourth-order valence-corrected chi connectivity index (χ4v) is 4.08. The number of hydrogen-bond donors (Lipinski definition) is 0. The monoisotopic (exact) mass is 417 g/mol. The van der Waals surface area contributed by atoms with Crippen LogP contribution in [-0.4, -0.2) is 34.6 Å². The van der Waals surface area contributed by atoms with Crippen molar-refractivity contribution in [3.05, 3.63) is 77.9 Å².